The number of rotatable bonds is 6. The molecule has 1 aliphatic rings. The van der Waals surface area contributed by atoms with E-state index in [1.54, 1.807) is 24.2 Å². The lowest BCUT2D eigenvalue weighted by Crippen LogP contribution is -2.43. The first-order chi connectivity index (χ1) is 15.5. The molecule has 1 saturated heterocycles. The van der Waals surface area contributed by atoms with Gasteiger partial charge < -0.3 is 10.2 Å². The van der Waals surface area contributed by atoms with Crippen molar-refractivity contribution in [1.29, 1.82) is 0 Å². The molecule has 4 rings (SSSR count). The van der Waals surface area contributed by atoms with Crippen molar-refractivity contribution in [2.45, 2.75) is 50.1 Å². The lowest BCUT2D eigenvalue weighted by atomic mass is 9.97. The Labute approximate surface area is 194 Å². The van der Waals surface area contributed by atoms with Crippen LogP contribution in [0.1, 0.15) is 35.1 Å². The van der Waals surface area contributed by atoms with E-state index in [9.17, 15) is 4.79 Å². The highest BCUT2D eigenvalue weighted by atomic mass is 32.2. The summed E-state index contributed by atoms with van der Waals surface area (Å²) in [6, 6.07) is 14.7. The van der Waals surface area contributed by atoms with Gasteiger partial charge in [0.2, 0.25) is 5.91 Å². The van der Waals surface area contributed by atoms with Crippen LogP contribution in [0, 0.1) is 26.7 Å². The molecule has 5 nitrogen and oxygen atoms in total. The average molecular weight is 447 g/mol. The summed E-state index contributed by atoms with van der Waals surface area (Å²) in [6.45, 7) is 8.42. The minimum Gasteiger partial charge on any atom is -0.354 e. The first kappa shape index (κ1) is 22.3. The Balaban J connectivity index is 1.42. The molecule has 3 aromatic rings. The molecule has 1 fully saturated rings. The van der Waals surface area contributed by atoms with E-state index in [-0.39, 0.29) is 11.8 Å². The molecule has 1 aromatic heterocycles. The second kappa shape index (κ2) is 10.2. The smallest absolute Gasteiger partial charge is 0.225 e. The summed E-state index contributed by atoms with van der Waals surface area (Å²) in [5.74, 6) is 0.935. The van der Waals surface area contributed by atoms with Crippen LogP contribution in [0.15, 0.2) is 64.8 Å². The number of nitrogens with zero attached hydrogens (tertiary/aromatic N) is 3. The maximum Gasteiger partial charge on any atom is 0.225 e. The van der Waals surface area contributed by atoms with Crippen LogP contribution in [-0.4, -0.2) is 29.0 Å². The predicted molar refractivity (Wildman–Crippen MR) is 130 cm³/mol. The quantitative estimate of drug-likeness (QED) is 0.572. The minimum atomic E-state index is -0.0471. The molecule has 0 unspecified atom stereocenters. The second-order valence-electron chi connectivity index (χ2n) is 8.53. The molecule has 166 valence electrons. The molecule has 1 aliphatic heterocycles. The Morgan fingerprint density at radius 2 is 1.94 bits per heavy atom. The SMILES string of the molecule is Cc1cccc(Sc2nccnc2N2CCC[C@H](C(=O)NCc3ccc(C)c(C)c3)C2)c1. The van der Waals surface area contributed by atoms with Gasteiger partial charge in [0, 0.05) is 36.9 Å². The fourth-order valence-corrected chi connectivity index (χ4v) is 5.03. The molecule has 2 aromatic carbocycles. The van der Waals surface area contributed by atoms with Crippen molar-refractivity contribution in [3.05, 3.63) is 77.1 Å². The summed E-state index contributed by atoms with van der Waals surface area (Å²) < 4.78 is 0. The van der Waals surface area contributed by atoms with Gasteiger partial charge >= 0.3 is 0 Å². The summed E-state index contributed by atoms with van der Waals surface area (Å²) in [5.41, 5.74) is 4.88. The van der Waals surface area contributed by atoms with E-state index in [2.05, 4.69) is 83.4 Å². The molecule has 1 amide bonds. The summed E-state index contributed by atoms with van der Waals surface area (Å²) in [5, 5.41) is 4.02. The third-order valence-electron chi connectivity index (χ3n) is 5.98. The number of piperidine rings is 1. The zero-order valence-electron chi connectivity index (χ0n) is 19.0. The lowest BCUT2D eigenvalue weighted by molar-refractivity contribution is -0.125. The van der Waals surface area contributed by atoms with Crippen LogP contribution in [0.2, 0.25) is 0 Å². The van der Waals surface area contributed by atoms with E-state index in [1.807, 2.05) is 0 Å². The van der Waals surface area contributed by atoms with Crippen LogP contribution in [-0.2, 0) is 11.3 Å². The summed E-state index contributed by atoms with van der Waals surface area (Å²) in [6.07, 6.45) is 5.33. The van der Waals surface area contributed by atoms with Crippen LogP contribution >= 0.6 is 11.8 Å². The molecule has 32 heavy (non-hydrogen) atoms. The number of carbonyl (C=O) groups excluding carboxylic acids is 1. The third kappa shape index (κ3) is 5.49. The van der Waals surface area contributed by atoms with Crippen LogP contribution in [0.5, 0.6) is 0 Å². The standard InChI is InChI=1S/C26H30N4OS/c1-18-6-4-8-23(14-18)32-26-24(27-11-12-28-26)30-13-5-7-22(17-30)25(31)29-16-21-10-9-19(2)20(3)15-21/h4,6,8-12,14-15,22H,5,7,13,16-17H2,1-3H3,(H,29,31)/t22-/m0/s1. The van der Waals surface area contributed by atoms with Crippen LogP contribution in [0.3, 0.4) is 0 Å². The summed E-state index contributed by atoms with van der Waals surface area (Å²) >= 11 is 1.63. The van der Waals surface area contributed by atoms with Gasteiger partial charge in [-0.2, -0.15) is 0 Å². The molecule has 2 heterocycles. The topological polar surface area (TPSA) is 58.1 Å². The lowest BCUT2D eigenvalue weighted by Gasteiger charge is -2.33. The monoisotopic (exact) mass is 446 g/mol. The number of carbonyl (C=O) groups is 1. The van der Waals surface area contributed by atoms with Crippen molar-refractivity contribution in [2.75, 3.05) is 18.0 Å². The number of anilines is 1. The summed E-state index contributed by atoms with van der Waals surface area (Å²) in [4.78, 5) is 25.5. The normalized spacial score (nSPS) is 16.1. The van der Waals surface area contributed by atoms with Gasteiger partial charge in [0.05, 0.1) is 5.92 Å². The molecule has 0 saturated carbocycles. The van der Waals surface area contributed by atoms with E-state index in [4.69, 9.17) is 0 Å². The van der Waals surface area contributed by atoms with Gasteiger partial charge in [-0.25, -0.2) is 9.97 Å². The van der Waals surface area contributed by atoms with E-state index < -0.39 is 0 Å². The Morgan fingerprint density at radius 3 is 2.75 bits per heavy atom. The molecule has 0 radical (unpaired) electrons. The number of hydrogen-bond acceptors (Lipinski definition) is 5. The Kier molecular flexibility index (Phi) is 7.10. The highest BCUT2D eigenvalue weighted by Gasteiger charge is 2.28. The van der Waals surface area contributed by atoms with Crippen LogP contribution in [0.25, 0.3) is 0 Å². The minimum absolute atomic E-state index is 0.0471. The van der Waals surface area contributed by atoms with Crippen molar-refractivity contribution < 1.29 is 4.79 Å². The molecule has 1 N–H and O–H groups in total. The molecular weight excluding hydrogens is 416 g/mol. The predicted octanol–water partition coefficient (Wildman–Crippen LogP) is 5.09. The Morgan fingerprint density at radius 1 is 1.09 bits per heavy atom. The maximum atomic E-state index is 12.9. The van der Waals surface area contributed by atoms with Crippen molar-refractivity contribution in [3.63, 3.8) is 0 Å². The number of aromatic nitrogens is 2. The number of amides is 1. The first-order valence-electron chi connectivity index (χ1n) is 11.1. The average Bonchev–Trinajstić information content (AvgIpc) is 2.80. The van der Waals surface area contributed by atoms with Gasteiger partial charge in [-0.05, 0) is 62.4 Å². The molecule has 1 atom stereocenters. The van der Waals surface area contributed by atoms with Gasteiger partial charge in [0.15, 0.2) is 5.82 Å². The Bertz CT molecular complexity index is 1100. The zero-order valence-corrected chi connectivity index (χ0v) is 19.8. The van der Waals surface area contributed by atoms with Gasteiger partial charge in [0.1, 0.15) is 5.03 Å². The molecule has 0 bridgehead atoms. The van der Waals surface area contributed by atoms with E-state index >= 15 is 0 Å². The number of aryl methyl sites for hydroxylation is 3. The molecule has 6 heteroatoms. The van der Waals surface area contributed by atoms with Crippen molar-refractivity contribution in [1.82, 2.24) is 15.3 Å². The number of benzene rings is 2. The number of nitrogens with one attached hydrogen (secondary N) is 1. The zero-order chi connectivity index (χ0) is 22.5. The highest BCUT2D eigenvalue weighted by molar-refractivity contribution is 7.99. The molecule has 0 spiro atoms. The largest absolute Gasteiger partial charge is 0.354 e. The highest BCUT2D eigenvalue weighted by Crippen LogP contribution is 2.34. The van der Waals surface area contributed by atoms with Crippen LogP contribution in [0.4, 0.5) is 5.82 Å². The van der Waals surface area contributed by atoms with Gasteiger partial charge in [-0.1, -0.05) is 47.7 Å². The first-order valence-corrected chi connectivity index (χ1v) is 12.0. The number of hydrogen-bond donors (Lipinski definition) is 1. The van der Waals surface area contributed by atoms with Crippen molar-refractivity contribution >= 4 is 23.5 Å². The summed E-state index contributed by atoms with van der Waals surface area (Å²) in [7, 11) is 0. The fourth-order valence-electron chi connectivity index (χ4n) is 4.03. The van der Waals surface area contributed by atoms with E-state index in [0.29, 0.717) is 13.1 Å². The van der Waals surface area contributed by atoms with Gasteiger partial charge in [-0.3, -0.25) is 4.79 Å². The van der Waals surface area contributed by atoms with Crippen LogP contribution < -0.4 is 10.2 Å². The van der Waals surface area contributed by atoms with E-state index in [0.717, 1.165) is 40.7 Å². The van der Waals surface area contributed by atoms with Crippen molar-refractivity contribution in [3.8, 4) is 0 Å². The maximum absolute atomic E-state index is 12.9. The Hall–Kier alpha value is -2.86. The van der Waals surface area contributed by atoms with Crippen molar-refractivity contribution in [2.24, 2.45) is 5.92 Å². The molecular formula is C26H30N4OS. The third-order valence-corrected chi connectivity index (χ3v) is 6.95. The van der Waals surface area contributed by atoms with Gasteiger partial charge in [-0.15, -0.1) is 0 Å². The van der Waals surface area contributed by atoms with E-state index in [1.165, 1.54) is 16.7 Å². The molecule has 0 aliphatic carbocycles. The van der Waals surface area contributed by atoms with Gasteiger partial charge in [0.25, 0.3) is 0 Å². The second-order valence-corrected chi connectivity index (χ2v) is 9.59. The fraction of sp³-hybridized carbons (Fsp3) is 0.346.